The van der Waals surface area contributed by atoms with Crippen molar-refractivity contribution in [2.75, 3.05) is 12.3 Å². The molecule has 0 aromatic rings. The summed E-state index contributed by atoms with van der Waals surface area (Å²) in [6.45, 7) is 4.52. The topological polar surface area (TPSA) is 17.1 Å². The van der Waals surface area contributed by atoms with Crippen molar-refractivity contribution in [1.29, 1.82) is 0 Å². The van der Waals surface area contributed by atoms with E-state index in [1.165, 1.54) is 0 Å². The molecule has 0 aliphatic carbocycles. The molecular formula is C7H14OP+. The molecule has 0 saturated carbocycles. The fourth-order valence-electron chi connectivity index (χ4n) is 1.09. The SMILES string of the molecule is CC1(C)CC[P+](=O)CC1. The predicted octanol–water partition coefficient (Wildman–Crippen LogP) is 2.63. The van der Waals surface area contributed by atoms with E-state index in [4.69, 9.17) is 0 Å². The lowest BCUT2D eigenvalue weighted by atomic mass is 9.87. The third-order valence-corrected chi connectivity index (χ3v) is 3.52. The number of hydrogen-bond acceptors (Lipinski definition) is 1. The fourth-order valence-corrected chi connectivity index (χ4v) is 3.02. The van der Waals surface area contributed by atoms with Gasteiger partial charge in [0.1, 0.15) is 12.3 Å². The maximum absolute atomic E-state index is 10.9. The fraction of sp³-hybridized carbons (Fsp3) is 1.00. The van der Waals surface area contributed by atoms with E-state index in [0.717, 1.165) is 25.2 Å². The molecule has 0 amide bonds. The molecule has 1 aliphatic rings. The second-order valence-corrected chi connectivity index (χ2v) is 5.45. The number of rotatable bonds is 0. The smallest absolute Gasteiger partial charge is 0.0748 e. The minimum atomic E-state index is -0.800. The summed E-state index contributed by atoms with van der Waals surface area (Å²) in [6, 6.07) is 0. The van der Waals surface area contributed by atoms with E-state index in [1.54, 1.807) is 0 Å². The van der Waals surface area contributed by atoms with Gasteiger partial charge in [-0.3, -0.25) is 0 Å². The Labute approximate surface area is 57.6 Å². The lowest BCUT2D eigenvalue weighted by Crippen LogP contribution is -2.17. The zero-order valence-electron chi connectivity index (χ0n) is 6.18. The van der Waals surface area contributed by atoms with Gasteiger partial charge >= 0.3 is 7.80 Å². The average Bonchev–Trinajstić information content (AvgIpc) is 1.78. The highest BCUT2D eigenvalue weighted by molar-refractivity contribution is 7.44. The van der Waals surface area contributed by atoms with Gasteiger partial charge in [-0.2, -0.15) is 0 Å². The van der Waals surface area contributed by atoms with Crippen LogP contribution in [0.4, 0.5) is 0 Å². The van der Waals surface area contributed by atoms with Crippen LogP contribution in [0.1, 0.15) is 26.7 Å². The van der Waals surface area contributed by atoms with E-state index in [1.807, 2.05) is 0 Å². The maximum Gasteiger partial charge on any atom is 0.338 e. The summed E-state index contributed by atoms with van der Waals surface area (Å²) in [5, 5.41) is 0. The second-order valence-electron chi connectivity index (χ2n) is 3.59. The molecule has 0 atom stereocenters. The normalized spacial score (nSPS) is 26.2. The zero-order chi connectivity index (χ0) is 6.91. The van der Waals surface area contributed by atoms with Gasteiger partial charge < -0.3 is 0 Å². The van der Waals surface area contributed by atoms with Crippen LogP contribution in [0.3, 0.4) is 0 Å². The van der Waals surface area contributed by atoms with E-state index < -0.39 is 7.80 Å². The van der Waals surface area contributed by atoms with Gasteiger partial charge in [0.2, 0.25) is 0 Å². The van der Waals surface area contributed by atoms with E-state index in [9.17, 15) is 4.57 Å². The third-order valence-electron chi connectivity index (χ3n) is 2.08. The Balaban J connectivity index is 2.44. The summed E-state index contributed by atoms with van der Waals surface area (Å²) in [5.74, 6) is 0. The van der Waals surface area contributed by atoms with Gasteiger partial charge in [-0.05, 0) is 18.3 Å². The van der Waals surface area contributed by atoms with Crippen LogP contribution in [0, 0.1) is 5.41 Å². The summed E-state index contributed by atoms with van der Waals surface area (Å²) in [5.41, 5.74) is 0.475. The van der Waals surface area contributed by atoms with Crippen molar-refractivity contribution in [2.45, 2.75) is 26.7 Å². The Hall–Kier alpha value is 0.100. The van der Waals surface area contributed by atoms with Crippen LogP contribution in [0.25, 0.3) is 0 Å². The van der Waals surface area contributed by atoms with Gasteiger partial charge in [-0.15, -0.1) is 0 Å². The molecule has 9 heavy (non-hydrogen) atoms. The van der Waals surface area contributed by atoms with Crippen molar-refractivity contribution < 1.29 is 4.57 Å². The molecule has 1 rings (SSSR count). The molecular weight excluding hydrogens is 131 g/mol. The lowest BCUT2D eigenvalue weighted by Gasteiger charge is -2.23. The molecule has 1 nitrogen and oxygen atoms in total. The molecule has 0 unspecified atom stereocenters. The molecule has 1 aliphatic heterocycles. The zero-order valence-corrected chi connectivity index (χ0v) is 7.08. The molecule has 0 radical (unpaired) electrons. The highest BCUT2D eigenvalue weighted by Crippen LogP contribution is 2.40. The summed E-state index contributed by atoms with van der Waals surface area (Å²) >= 11 is 0. The van der Waals surface area contributed by atoms with Gasteiger partial charge in [0, 0.05) is 0 Å². The molecule has 0 N–H and O–H groups in total. The van der Waals surface area contributed by atoms with E-state index in [-0.39, 0.29) is 0 Å². The quantitative estimate of drug-likeness (QED) is 0.479. The summed E-state index contributed by atoms with van der Waals surface area (Å²) in [7, 11) is -0.800. The summed E-state index contributed by atoms with van der Waals surface area (Å²) in [4.78, 5) is 0. The van der Waals surface area contributed by atoms with Crippen LogP contribution in [-0.2, 0) is 4.57 Å². The van der Waals surface area contributed by atoms with Crippen molar-refractivity contribution in [3.05, 3.63) is 0 Å². The highest BCUT2D eigenvalue weighted by atomic mass is 31.1. The Kier molecular flexibility index (Phi) is 1.91. The van der Waals surface area contributed by atoms with E-state index in [0.29, 0.717) is 5.41 Å². The second kappa shape index (κ2) is 2.38. The predicted molar refractivity (Wildman–Crippen MR) is 40.4 cm³/mol. The molecule has 0 aromatic carbocycles. The summed E-state index contributed by atoms with van der Waals surface area (Å²) in [6.07, 6.45) is 4.23. The third kappa shape index (κ3) is 2.06. The minimum absolute atomic E-state index is 0.475. The number of hydrogen-bond donors (Lipinski definition) is 0. The molecule has 1 saturated heterocycles. The molecule has 0 aromatic heterocycles. The van der Waals surface area contributed by atoms with Crippen LogP contribution >= 0.6 is 7.80 Å². The standard InChI is InChI=1S/C7H14OP/c1-7(2)3-5-9(8)6-4-7/h3-6H2,1-2H3/q+1. The molecule has 1 fully saturated rings. The van der Waals surface area contributed by atoms with E-state index >= 15 is 0 Å². The largest absolute Gasteiger partial charge is 0.338 e. The minimum Gasteiger partial charge on any atom is -0.0748 e. The van der Waals surface area contributed by atoms with Crippen LogP contribution in [-0.4, -0.2) is 12.3 Å². The maximum atomic E-state index is 10.9. The first kappa shape index (κ1) is 7.21. The Morgan fingerprint density at radius 2 is 1.67 bits per heavy atom. The first-order chi connectivity index (χ1) is 4.10. The van der Waals surface area contributed by atoms with Crippen LogP contribution in [0.2, 0.25) is 0 Å². The molecule has 2 heteroatoms. The van der Waals surface area contributed by atoms with Crippen LogP contribution < -0.4 is 0 Å². The van der Waals surface area contributed by atoms with E-state index in [2.05, 4.69) is 13.8 Å². The van der Waals surface area contributed by atoms with Crippen molar-refractivity contribution in [2.24, 2.45) is 5.41 Å². The molecule has 0 spiro atoms. The van der Waals surface area contributed by atoms with Crippen molar-refractivity contribution in [1.82, 2.24) is 0 Å². The lowest BCUT2D eigenvalue weighted by molar-refractivity contribution is 0.329. The van der Waals surface area contributed by atoms with Gasteiger partial charge in [0.25, 0.3) is 0 Å². The van der Waals surface area contributed by atoms with Gasteiger partial charge in [-0.25, -0.2) is 0 Å². The monoisotopic (exact) mass is 145 g/mol. The van der Waals surface area contributed by atoms with Crippen LogP contribution in [0.15, 0.2) is 0 Å². The Bertz CT molecular complexity index is 117. The van der Waals surface area contributed by atoms with Gasteiger partial charge in [-0.1, -0.05) is 18.4 Å². The van der Waals surface area contributed by atoms with Crippen molar-refractivity contribution in [3.63, 3.8) is 0 Å². The summed E-state index contributed by atoms with van der Waals surface area (Å²) < 4.78 is 10.9. The Morgan fingerprint density at radius 1 is 1.22 bits per heavy atom. The van der Waals surface area contributed by atoms with Gasteiger partial charge in [0.05, 0.1) is 0 Å². The first-order valence-corrected chi connectivity index (χ1v) is 5.15. The van der Waals surface area contributed by atoms with Gasteiger partial charge in [0.15, 0.2) is 0 Å². The first-order valence-electron chi connectivity index (χ1n) is 3.52. The molecule has 0 bridgehead atoms. The molecule has 1 heterocycles. The molecule has 52 valence electrons. The van der Waals surface area contributed by atoms with Crippen molar-refractivity contribution in [3.8, 4) is 0 Å². The Morgan fingerprint density at radius 3 is 2.00 bits per heavy atom. The highest BCUT2D eigenvalue weighted by Gasteiger charge is 2.31. The van der Waals surface area contributed by atoms with Crippen molar-refractivity contribution >= 4 is 7.80 Å². The average molecular weight is 145 g/mol. The van der Waals surface area contributed by atoms with Crippen LogP contribution in [0.5, 0.6) is 0 Å².